The van der Waals surface area contributed by atoms with E-state index in [9.17, 15) is 0 Å². The lowest BCUT2D eigenvalue weighted by Gasteiger charge is -2.23. The fourth-order valence-corrected chi connectivity index (χ4v) is 2.28. The molecule has 0 aliphatic carbocycles. The molecule has 1 saturated heterocycles. The molecule has 0 aromatic carbocycles. The summed E-state index contributed by atoms with van der Waals surface area (Å²) < 4.78 is 5.73. The molecule has 1 aliphatic heterocycles. The monoisotopic (exact) mass is 278 g/mol. The van der Waals surface area contributed by atoms with Crippen molar-refractivity contribution in [2.75, 3.05) is 30.3 Å². The summed E-state index contributed by atoms with van der Waals surface area (Å²) in [4.78, 5) is 9.02. The van der Waals surface area contributed by atoms with Crippen molar-refractivity contribution in [2.45, 2.75) is 52.1 Å². The first-order valence-electron chi connectivity index (χ1n) is 7.79. The second-order valence-corrected chi connectivity index (χ2v) is 5.20. The van der Waals surface area contributed by atoms with Crippen molar-refractivity contribution in [1.82, 2.24) is 9.97 Å². The van der Waals surface area contributed by atoms with Gasteiger partial charge in [-0.2, -0.15) is 0 Å². The van der Waals surface area contributed by atoms with E-state index in [1.165, 1.54) is 12.8 Å². The van der Waals surface area contributed by atoms with Crippen molar-refractivity contribution in [3.05, 3.63) is 11.9 Å². The molecule has 0 saturated carbocycles. The van der Waals surface area contributed by atoms with Gasteiger partial charge in [-0.1, -0.05) is 13.8 Å². The van der Waals surface area contributed by atoms with E-state index < -0.39 is 0 Å². The van der Waals surface area contributed by atoms with E-state index in [0.29, 0.717) is 6.10 Å². The third kappa shape index (κ3) is 4.63. The zero-order valence-electron chi connectivity index (χ0n) is 12.6. The van der Waals surface area contributed by atoms with E-state index in [1.54, 1.807) is 0 Å². The molecule has 0 bridgehead atoms. The minimum Gasteiger partial charge on any atom is -0.376 e. The predicted molar refractivity (Wildman–Crippen MR) is 82.3 cm³/mol. The zero-order chi connectivity index (χ0) is 14.2. The van der Waals surface area contributed by atoms with Crippen molar-refractivity contribution >= 4 is 11.6 Å². The first kappa shape index (κ1) is 15.0. The van der Waals surface area contributed by atoms with Gasteiger partial charge in [-0.25, -0.2) is 9.97 Å². The van der Waals surface area contributed by atoms with E-state index in [0.717, 1.165) is 56.4 Å². The number of aromatic nitrogens is 2. The molecule has 0 amide bonds. The van der Waals surface area contributed by atoms with Crippen LogP contribution in [-0.2, 0) is 11.2 Å². The predicted octanol–water partition coefficient (Wildman–Crippen LogP) is 2.84. The quantitative estimate of drug-likeness (QED) is 0.803. The van der Waals surface area contributed by atoms with Crippen LogP contribution in [0.5, 0.6) is 0 Å². The summed E-state index contributed by atoms with van der Waals surface area (Å²) in [6.45, 7) is 6.87. The highest BCUT2D eigenvalue weighted by Crippen LogP contribution is 2.15. The number of anilines is 2. The highest BCUT2D eigenvalue weighted by atomic mass is 16.5. The van der Waals surface area contributed by atoms with Gasteiger partial charge in [-0.3, -0.25) is 0 Å². The summed E-state index contributed by atoms with van der Waals surface area (Å²) in [6, 6.07) is 1.98. The second-order valence-electron chi connectivity index (χ2n) is 5.20. The highest BCUT2D eigenvalue weighted by molar-refractivity contribution is 5.47. The van der Waals surface area contributed by atoms with Gasteiger partial charge in [0.2, 0.25) is 0 Å². The van der Waals surface area contributed by atoms with Gasteiger partial charge in [0.05, 0.1) is 6.10 Å². The maximum absolute atomic E-state index is 5.73. The van der Waals surface area contributed by atoms with Crippen LogP contribution in [0.2, 0.25) is 0 Å². The van der Waals surface area contributed by atoms with Crippen molar-refractivity contribution < 1.29 is 4.74 Å². The summed E-state index contributed by atoms with van der Waals surface area (Å²) in [5.41, 5.74) is 0. The number of hydrogen-bond acceptors (Lipinski definition) is 5. The van der Waals surface area contributed by atoms with Crippen molar-refractivity contribution in [2.24, 2.45) is 0 Å². The average Bonchev–Trinajstić information content (AvgIpc) is 2.51. The van der Waals surface area contributed by atoms with E-state index >= 15 is 0 Å². The Morgan fingerprint density at radius 1 is 1.20 bits per heavy atom. The third-order valence-electron chi connectivity index (χ3n) is 3.43. The first-order valence-corrected chi connectivity index (χ1v) is 7.79. The van der Waals surface area contributed by atoms with Crippen LogP contribution in [0.4, 0.5) is 11.6 Å². The van der Waals surface area contributed by atoms with Gasteiger partial charge in [-0.05, 0) is 25.7 Å². The number of aryl methyl sites for hydroxylation is 1. The lowest BCUT2D eigenvalue weighted by molar-refractivity contribution is 0.0247. The molecule has 5 nitrogen and oxygen atoms in total. The minimum absolute atomic E-state index is 0.316. The average molecular weight is 278 g/mol. The van der Waals surface area contributed by atoms with Crippen molar-refractivity contribution in [3.8, 4) is 0 Å². The molecule has 1 aromatic heterocycles. The third-order valence-corrected chi connectivity index (χ3v) is 3.43. The smallest absolute Gasteiger partial charge is 0.132 e. The Morgan fingerprint density at radius 2 is 2.00 bits per heavy atom. The van der Waals surface area contributed by atoms with Crippen LogP contribution in [0.25, 0.3) is 0 Å². The molecule has 0 spiro atoms. The molecule has 2 rings (SSSR count). The summed E-state index contributed by atoms with van der Waals surface area (Å²) >= 11 is 0. The molecule has 0 radical (unpaired) electrons. The Morgan fingerprint density at radius 3 is 2.65 bits per heavy atom. The summed E-state index contributed by atoms with van der Waals surface area (Å²) in [5.74, 6) is 2.67. The van der Waals surface area contributed by atoms with Gasteiger partial charge in [0.1, 0.15) is 17.5 Å². The summed E-state index contributed by atoms with van der Waals surface area (Å²) in [6.07, 6.45) is 5.84. The van der Waals surface area contributed by atoms with Crippen LogP contribution in [0.15, 0.2) is 6.07 Å². The van der Waals surface area contributed by atoms with Gasteiger partial charge in [0, 0.05) is 32.2 Å². The van der Waals surface area contributed by atoms with Crippen molar-refractivity contribution in [3.63, 3.8) is 0 Å². The van der Waals surface area contributed by atoms with Crippen LogP contribution < -0.4 is 10.6 Å². The topological polar surface area (TPSA) is 59.1 Å². The minimum atomic E-state index is 0.316. The zero-order valence-corrected chi connectivity index (χ0v) is 12.6. The Hall–Kier alpha value is -1.36. The van der Waals surface area contributed by atoms with E-state index in [-0.39, 0.29) is 0 Å². The second kappa shape index (κ2) is 8.04. The van der Waals surface area contributed by atoms with Gasteiger partial charge < -0.3 is 15.4 Å². The Bertz CT molecular complexity index is 405. The maximum Gasteiger partial charge on any atom is 0.132 e. The SMILES string of the molecule is CCCNc1cc(NCC2CCCCO2)nc(CC)n1. The molecule has 1 aliphatic rings. The molecule has 2 N–H and O–H groups in total. The first-order chi connectivity index (χ1) is 9.81. The van der Waals surface area contributed by atoms with Gasteiger partial charge in [-0.15, -0.1) is 0 Å². The normalized spacial score (nSPS) is 18.8. The van der Waals surface area contributed by atoms with Crippen LogP contribution in [-0.4, -0.2) is 35.8 Å². The van der Waals surface area contributed by atoms with E-state index in [2.05, 4.69) is 34.4 Å². The lowest BCUT2D eigenvalue weighted by Crippen LogP contribution is -2.27. The van der Waals surface area contributed by atoms with Gasteiger partial charge >= 0.3 is 0 Å². The number of nitrogens with one attached hydrogen (secondary N) is 2. The van der Waals surface area contributed by atoms with Crippen LogP contribution in [0.3, 0.4) is 0 Å². The van der Waals surface area contributed by atoms with Gasteiger partial charge in [0.25, 0.3) is 0 Å². The molecule has 1 atom stereocenters. The van der Waals surface area contributed by atoms with Crippen molar-refractivity contribution in [1.29, 1.82) is 0 Å². The van der Waals surface area contributed by atoms with E-state index in [4.69, 9.17) is 4.74 Å². The van der Waals surface area contributed by atoms with Crippen LogP contribution >= 0.6 is 0 Å². The molecule has 2 heterocycles. The molecule has 5 heteroatoms. The van der Waals surface area contributed by atoms with Gasteiger partial charge in [0.15, 0.2) is 0 Å². The molecule has 20 heavy (non-hydrogen) atoms. The number of nitrogens with zero attached hydrogens (tertiary/aromatic N) is 2. The molecule has 112 valence electrons. The Balaban J connectivity index is 1.94. The Labute approximate surface area is 121 Å². The number of rotatable bonds is 7. The largest absolute Gasteiger partial charge is 0.376 e. The molecule has 1 unspecified atom stereocenters. The fourth-order valence-electron chi connectivity index (χ4n) is 2.28. The molecular formula is C15H26N4O. The lowest BCUT2D eigenvalue weighted by atomic mass is 10.1. The fraction of sp³-hybridized carbons (Fsp3) is 0.733. The molecule has 1 aromatic rings. The highest BCUT2D eigenvalue weighted by Gasteiger charge is 2.13. The standard InChI is InChI=1S/C15H26N4O/c1-3-8-16-14-10-15(19-13(4-2)18-14)17-11-12-7-5-6-9-20-12/h10,12H,3-9,11H2,1-2H3,(H2,16,17,18,19). The number of ether oxygens (including phenoxy) is 1. The maximum atomic E-state index is 5.73. The molecule has 1 fully saturated rings. The van der Waals surface area contributed by atoms with E-state index in [1.807, 2.05) is 6.07 Å². The Kier molecular flexibility index (Phi) is 6.05. The molecular weight excluding hydrogens is 252 g/mol. The number of hydrogen-bond donors (Lipinski definition) is 2. The van der Waals surface area contributed by atoms with Crippen LogP contribution in [0.1, 0.15) is 45.4 Å². The summed E-state index contributed by atoms with van der Waals surface area (Å²) in [7, 11) is 0. The van der Waals surface area contributed by atoms with Crippen LogP contribution in [0, 0.1) is 0 Å². The summed E-state index contributed by atoms with van der Waals surface area (Å²) in [5, 5.41) is 6.71.